The van der Waals surface area contributed by atoms with E-state index in [1.807, 2.05) is 24.4 Å². The summed E-state index contributed by atoms with van der Waals surface area (Å²) in [5, 5.41) is 10.2. The zero-order valence-corrected chi connectivity index (χ0v) is 57.9. The van der Waals surface area contributed by atoms with Gasteiger partial charge in [0, 0.05) is 44.3 Å². The van der Waals surface area contributed by atoms with Gasteiger partial charge < -0.3 is 13.9 Å². The van der Waals surface area contributed by atoms with E-state index in [0.717, 1.165) is 72.3 Å². The molecule has 456 valence electrons. The van der Waals surface area contributed by atoms with Gasteiger partial charge in [-0.15, -0.1) is 29.7 Å². The standard InChI is InChI=1S/C84H74N4OSi2.Pt/c1-82(2,3)62-52-53-85-80(56-62)88-76-47-23-22-44-74(76)75-51-50-65(58-79(75)88)89-64-33-28-32-63(57-64)86-59-87(78-49-25-24-48-77(78)86)81-72(60-30-26-42-70(54-60)90(83(4,5)6,66-34-14-10-15-35-66)67-36-16-11-17-37-67)45-29-46-73(81)61-31-27-43-71(55-61)91(84(7,8)9,68-38-18-12-19-39-68)69-40-20-13-21-41-69;/h10-56H,1-9H3;/q-2;. The van der Waals surface area contributed by atoms with Crippen molar-refractivity contribution in [2.75, 3.05) is 0 Å². The van der Waals surface area contributed by atoms with E-state index < -0.39 is 16.1 Å². The average molecular weight is 1410 g/mol. The average Bonchev–Trinajstić information content (AvgIpc) is 1.06. The molecule has 0 atom stereocenters. The molecule has 5 nitrogen and oxygen atoms in total. The van der Waals surface area contributed by atoms with Crippen molar-refractivity contribution in [3.05, 3.63) is 309 Å². The van der Waals surface area contributed by atoms with E-state index in [9.17, 15) is 0 Å². The third-order valence-corrected chi connectivity index (χ3v) is 30.4. The van der Waals surface area contributed by atoms with Crippen molar-refractivity contribution in [3.8, 4) is 50.9 Å². The normalized spacial score (nSPS) is 12.3. The quantitative estimate of drug-likeness (QED) is 0.0499. The minimum atomic E-state index is -2.78. The molecule has 0 aliphatic carbocycles. The van der Waals surface area contributed by atoms with Crippen molar-refractivity contribution in [1.82, 2.24) is 14.1 Å². The Hall–Kier alpha value is -9.24. The van der Waals surface area contributed by atoms with Crippen LogP contribution in [0.2, 0.25) is 10.1 Å². The summed E-state index contributed by atoms with van der Waals surface area (Å²) in [4.78, 5) is 4.93. The second-order valence-electron chi connectivity index (χ2n) is 27.2. The summed E-state index contributed by atoms with van der Waals surface area (Å²) in [5.41, 5.74) is 11.4. The van der Waals surface area contributed by atoms with Crippen LogP contribution in [0, 0.1) is 18.5 Å². The van der Waals surface area contributed by atoms with E-state index >= 15 is 0 Å². The monoisotopic (exact) mass is 1410 g/mol. The SMILES string of the molecule is CC(C)(C)c1ccnc(-n2c3[c-]c(Oc4[c-]c(-n5[c-][n+](-c6c(-c7cccc([Si](c8ccccc8)(c8ccccc8)C(C)(C)C)c7)cccc6-c6cccc([Si](c7ccccc7)(c7ccccc7)C(C)(C)C)c6)c6ccccc65)ccc4)ccc3c3ccccc32)c1.[Pt]. The topological polar surface area (TPSA) is 35.9 Å². The molecule has 3 aromatic heterocycles. The van der Waals surface area contributed by atoms with Crippen LogP contribution in [0.4, 0.5) is 0 Å². The van der Waals surface area contributed by atoms with Gasteiger partial charge in [0.25, 0.3) is 6.33 Å². The molecule has 0 saturated heterocycles. The molecule has 0 radical (unpaired) electrons. The van der Waals surface area contributed by atoms with Crippen molar-refractivity contribution >= 4 is 80.1 Å². The Balaban J connectivity index is 0.00000773. The van der Waals surface area contributed by atoms with Gasteiger partial charge in [-0.2, -0.15) is 18.2 Å². The van der Waals surface area contributed by atoms with Gasteiger partial charge in [0.1, 0.15) is 5.82 Å². The molecule has 0 aliphatic rings. The number of rotatable bonds is 13. The van der Waals surface area contributed by atoms with Crippen LogP contribution in [0.3, 0.4) is 0 Å². The Kier molecular flexibility index (Phi) is 16.4. The number of hydrogen-bond donors (Lipinski definition) is 0. The van der Waals surface area contributed by atoms with Gasteiger partial charge in [-0.25, -0.2) is 4.98 Å². The summed E-state index contributed by atoms with van der Waals surface area (Å²) in [6.45, 7) is 21.3. The van der Waals surface area contributed by atoms with Crippen molar-refractivity contribution in [2.45, 2.75) is 77.8 Å². The maximum atomic E-state index is 6.85. The molecule has 11 aromatic carbocycles. The van der Waals surface area contributed by atoms with Gasteiger partial charge >= 0.3 is 0 Å². The molecule has 14 rings (SSSR count). The number of fused-ring (bicyclic) bond motifs is 4. The first-order valence-electron chi connectivity index (χ1n) is 31.7. The van der Waals surface area contributed by atoms with Crippen LogP contribution in [-0.2, 0) is 26.5 Å². The molecular weight excluding hydrogens is 1330 g/mol. The smallest absolute Gasteiger partial charge is 0.268 e. The molecule has 0 fully saturated rings. The second kappa shape index (κ2) is 24.4. The molecule has 3 heterocycles. The summed E-state index contributed by atoms with van der Waals surface area (Å²) < 4.78 is 13.5. The fraction of sp³-hybridized carbons (Fsp3) is 0.143. The van der Waals surface area contributed by atoms with Gasteiger partial charge in [-0.3, -0.25) is 4.57 Å². The number of benzene rings is 11. The molecule has 8 heteroatoms. The van der Waals surface area contributed by atoms with Gasteiger partial charge in [-0.05, 0) is 104 Å². The molecule has 0 amide bonds. The maximum Gasteiger partial charge on any atom is 0.268 e. The predicted octanol–water partition coefficient (Wildman–Crippen LogP) is 16.8. The number of ether oxygens (including phenoxy) is 1. The largest absolute Gasteiger partial charge is 0.510 e. The third-order valence-electron chi connectivity index (χ3n) is 18.7. The van der Waals surface area contributed by atoms with Gasteiger partial charge in [-0.1, -0.05) is 298 Å². The first kappa shape index (κ1) is 61.6. The first-order valence-corrected chi connectivity index (χ1v) is 35.7. The predicted molar refractivity (Wildman–Crippen MR) is 384 cm³/mol. The number of nitrogens with zero attached hydrogens (tertiary/aromatic N) is 4. The van der Waals surface area contributed by atoms with Crippen LogP contribution in [-0.4, -0.2) is 30.3 Å². The second-order valence-corrected chi connectivity index (χ2v) is 36.6. The summed E-state index contributed by atoms with van der Waals surface area (Å²) in [6.07, 6.45) is 5.91. The number of para-hydroxylation sites is 4. The maximum absolute atomic E-state index is 6.85. The molecule has 0 saturated carbocycles. The zero-order chi connectivity index (χ0) is 62.7. The van der Waals surface area contributed by atoms with E-state index in [4.69, 9.17) is 9.72 Å². The van der Waals surface area contributed by atoms with Crippen LogP contribution in [0.5, 0.6) is 11.5 Å². The molecular formula is C84H74N4OPtSi2-2. The molecule has 0 spiro atoms. The van der Waals surface area contributed by atoms with Crippen molar-refractivity contribution in [1.29, 1.82) is 0 Å². The van der Waals surface area contributed by atoms with E-state index in [2.05, 4.69) is 355 Å². The summed E-state index contributed by atoms with van der Waals surface area (Å²) in [6, 6.07) is 110. The number of aromatic nitrogens is 4. The Morgan fingerprint density at radius 1 is 0.413 bits per heavy atom. The van der Waals surface area contributed by atoms with Gasteiger partial charge in [0.05, 0.1) is 16.7 Å². The molecule has 14 aromatic rings. The molecule has 0 aliphatic heterocycles. The van der Waals surface area contributed by atoms with Crippen LogP contribution >= 0.6 is 0 Å². The fourth-order valence-electron chi connectivity index (χ4n) is 14.8. The third kappa shape index (κ3) is 10.6. The fourth-order valence-corrected chi connectivity index (χ4v) is 26.2. The van der Waals surface area contributed by atoms with E-state index in [1.54, 1.807) is 0 Å². The molecule has 0 N–H and O–H groups in total. The van der Waals surface area contributed by atoms with Gasteiger partial charge in [0.15, 0.2) is 16.1 Å². The molecule has 92 heavy (non-hydrogen) atoms. The first-order chi connectivity index (χ1) is 44.0. The minimum absolute atomic E-state index is 0. The van der Waals surface area contributed by atoms with Crippen LogP contribution < -0.4 is 40.4 Å². The van der Waals surface area contributed by atoms with Crippen molar-refractivity contribution in [2.24, 2.45) is 0 Å². The Morgan fingerprint density at radius 2 is 0.880 bits per heavy atom. The van der Waals surface area contributed by atoms with Crippen molar-refractivity contribution in [3.63, 3.8) is 0 Å². The van der Waals surface area contributed by atoms with E-state index in [-0.39, 0.29) is 36.6 Å². The zero-order valence-electron chi connectivity index (χ0n) is 53.6. The number of hydrogen-bond acceptors (Lipinski definition) is 2. The summed E-state index contributed by atoms with van der Waals surface area (Å²) in [7, 11) is -5.55. The van der Waals surface area contributed by atoms with Crippen molar-refractivity contribution < 1.29 is 30.4 Å². The Bertz CT molecular complexity index is 4740. The molecule has 0 unspecified atom stereocenters. The molecule has 0 bridgehead atoms. The van der Waals surface area contributed by atoms with E-state index in [0.29, 0.717) is 11.5 Å². The van der Waals surface area contributed by atoms with E-state index in [1.165, 1.54) is 36.7 Å². The number of imidazole rings is 1. The Morgan fingerprint density at radius 3 is 1.41 bits per heavy atom. The van der Waals surface area contributed by atoms with Crippen LogP contribution in [0.15, 0.2) is 285 Å². The summed E-state index contributed by atoms with van der Waals surface area (Å²) in [5.74, 6) is 1.97. The minimum Gasteiger partial charge on any atom is -0.510 e. The van der Waals surface area contributed by atoms with Crippen LogP contribution in [0.25, 0.3) is 72.3 Å². The Labute approximate surface area is 558 Å². The van der Waals surface area contributed by atoms with Gasteiger partial charge in [0.2, 0.25) is 0 Å². The van der Waals surface area contributed by atoms with Crippen LogP contribution in [0.1, 0.15) is 67.9 Å². The summed E-state index contributed by atoms with van der Waals surface area (Å²) >= 11 is 0. The number of pyridine rings is 1.